The standard InChI is InChI=1S/C8H10INOS/c9-8-4-5-6(10-11)2-1-3-7(5)12-8/h4,6,10-11H,1-3H2. The quantitative estimate of drug-likeness (QED) is 0.617. The van der Waals surface area contributed by atoms with Gasteiger partial charge in [-0.05, 0) is 53.5 Å². The van der Waals surface area contributed by atoms with Crippen LogP contribution in [-0.2, 0) is 6.42 Å². The van der Waals surface area contributed by atoms with E-state index < -0.39 is 0 Å². The van der Waals surface area contributed by atoms with Crippen molar-refractivity contribution in [3.05, 3.63) is 19.4 Å². The third-order valence-electron chi connectivity index (χ3n) is 2.24. The summed E-state index contributed by atoms with van der Waals surface area (Å²) in [5, 5.41) is 8.90. The fourth-order valence-corrected chi connectivity index (χ4v) is 3.78. The fraction of sp³-hybridized carbons (Fsp3) is 0.500. The lowest BCUT2D eigenvalue weighted by Gasteiger charge is -2.20. The Hall–Kier alpha value is 0.350. The van der Waals surface area contributed by atoms with Crippen LogP contribution in [-0.4, -0.2) is 5.21 Å². The van der Waals surface area contributed by atoms with Crippen LogP contribution >= 0.6 is 33.9 Å². The first kappa shape index (κ1) is 8.93. The van der Waals surface area contributed by atoms with E-state index in [4.69, 9.17) is 5.21 Å². The van der Waals surface area contributed by atoms with E-state index in [1.807, 2.05) is 11.3 Å². The summed E-state index contributed by atoms with van der Waals surface area (Å²) < 4.78 is 1.32. The molecule has 1 aromatic heterocycles. The number of rotatable bonds is 1. The lowest BCUT2D eigenvalue weighted by atomic mass is 9.95. The van der Waals surface area contributed by atoms with Gasteiger partial charge in [0.05, 0.1) is 8.93 Å². The summed E-state index contributed by atoms with van der Waals surface area (Å²) >= 11 is 4.18. The van der Waals surface area contributed by atoms with Crippen LogP contribution in [0, 0.1) is 2.88 Å². The average molecular weight is 295 g/mol. The van der Waals surface area contributed by atoms with Crippen molar-refractivity contribution in [2.75, 3.05) is 0 Å². The van der Waals surface area contributed by atoms with E-state index in [9.17, 15) is 0 Å². The Balaban J connectivity index is 2.36. The molecule has 0 radical (unpaired) electrons. The smallest absolute Gasteiger partial charge is 0.0659 e. The van der Waals surface area contributed by atoms with E-state index in [0.29, 0.717) is 0 Å². The van der Waals surface area contributed by atoms with E-state index >= 15 is 0 Å². The molecule has 1 heterocycles. The van der Waals surface area contributed by atoms with Crippen molar-refractivity contribution in [1.29, 1.82) is 0 Å². The first-order valence-corrected chi connectivity index (χ1v) is 5.88. The maximum Gasteiger partial charge on any atom is 0.0659 e. The Morgan fingerprint density at radius 3 is 3.25 bits per heavy atom. The van der Waals surface area contributed by atoms with E-state index in [2.05, 4.69) is 34.1 Å². The molecule has 0 saturated heterocycles. The SMILES string of the molecule is ONC1CCCc2sc(I)cc21. The maximum atomic E-state index is 8.90. The van der Waals surface area contributed by atoms with Gasteiger partial charge in [0.1, 0.15) is 0 Å². The molecule has 0 amide bonds. The van der Waals surface area contributed by atoms with Gasteiger partial charge in [0.2, 0.25) is 0 Å². The minimum Gasteiger partial charge on any atom is -0.316 e. The Labute approximate surface area is 89.1 Å². The number of fused-ring (bicyclic) bond motifs is 1. The zero-order valence-electron chi connectivity index (χ0n) is 6.51. The number of thiophene rings is 1. The summed E-state index contributed by atoms with van der Waals surface area (Å²) in [6.45, 7) is 0. The molecule has 1 aromatic rings. The van der Waals surface area contributed by atoms with Crippen LogP contribution in [0.15, 0.2) is 6.07 Å². The summed E-state index contributed by atoms with van der Waals surface area (Å²) in [7, 11) is 0. The molecule has 12 heavy (non-hydrogen) atoms. The highest BCUT2D eigenvalue weighted by molar-refractivity contribution is 14.1. The molecule has 0 fully saturated rings. The lowest BCUT2D eigenvalue weighted by molar-refractivity contribution is 0.118. The summed E-state index contributed by atoms with van der Waals surface area (Å²) in [4.78, 5) is 1.44. The molecular formula is C8H10INOS. The van der Waals surface area contributed by atoms with Gasteiger partial charge >= 0.3 is 0 Å². The zero-order valence-corrected chi connectivity index (χ0v) is 9.48. The first-order chi connectivity index (χ1) is 5.81. The van der Waals surface area contributed by atoms with Crippen molar-refractivity contribution in [2.24, 2.45) is 0 Å². The summed E-state index contributed by atoms with van der Waals surface area (Å²) in [6, 6.07) is 2.35. The minimum atomic E-state index is 0.175. The third kappa shape index (κ3) is 1.53. The molecule has 66 valence electrons. The summed E-state index contributed by atoms with van der Waals surface area (Å²) in [5.74, 6) is 0. The average Bonchev–Trinajstić information content (AvgIpc) is 2.44. The van der Waals surface area contributed by atoms with Gasteiger partial charge in [-0.1, -0.05) is 0 Å². The first-order valence-electron chi connectivity index (χ1n) is 3.99. The van der Waals surface area contributed by atoms with Crippen molar-refractivity contribution in [3.8, 4) is 0 Å². The maximum absolute atomic E-state index is 8.90. The Morgan fingerprint density at radius 1 is 1.67 bits per heavy atom. The monoisotopic (exact) mass is 295 g/mol. The van der Waals surface area contributed by atoms with E-state index in [0.717, 1.165) is 6.42 Å². The number of hydroxylamine groups is 1. The number of hydrogen-bond acceptors (Lipinski definition) is 3. The van der Waals surface area contributed by atoms with Gasteiger partial charge < -0.3 is 5.21 Å². The van der Waals surface area contributed by atoms with Gasteiger partial charge in [-0.2, -0.15) is 5.48 Å². The van der Waals surface area contributed by atoms with Crippen molar-refractivity contribution in [2.45, 2.75) is 25.3 Å². The van der Waals surface area contributed by atoms with Crippen LogP contribution < -0.4 is 5.48 Å². The molecule has 0 aliphatic heterocycles. The molecule has 2 N–H and O–H groups in total. The largest absolute Gasteiger partial charge is 0.316 e. The van der Waals surface area contributed by atoms with Crippen LogP contribution in [0.5, 0.6) is 0 Å². The molecule has 0 aromatic carbocycles. The fourth-order valence-electron chi connectivity index (χ4n) is 1.66. The summed E-state index contributed by atoms with van der Waals surface area (Å²) in [5.41, 5.74) is 3.68. The molecule has 0 spiro atoms. The second-order valence-electron chi connectivity index (χ2n) is 3.00. The molecule has 4 heteroatoms. The second kappa shape index (κ2) is 3.61. The van der Waals surface area contributed by atoms with E-state index in [1.165, 1.54) is 26.2 Å². The highest BCUT2D eigenvalue weighted by atomic mass is 127. The topological polar surface area (TPSA) is 32.3 Å². The van der Waals surface area contributed by atoms with Gasteiger partial charge in [-0.15, -0.1) is 11.3 Å². The number of halogens is 1. The number of hydrogen-bond donors (Lipinski definition) is 2. The Morgan fingerprint density at radius 2 is 2.50 bits per heavy atom. The van der Waals surface area contributed by atoms with Crippen LogP contribution in [0.4, 0.5) is 0 Å². The van der Waals surface area contributed by atoms with Crippen molar-refractivity contribution in [3.63, 3.8) is 0 Å². The molecule has 1 aliphatic rings. The molecule has 2 rings (SSSR count). The van der Waals surface area contributed by atoms with Crippen LogP contribution in [0.1, 0.15) is 29.3 Å². The molecule has 2 nitrogen and oxygen atoms in total. The van der Waals surface area contributed by atoms with E-state index in [1.54, 1.807) is 0 Å². The predicted molar refractivity (Wildman–Crippen MR) is 57.6 cm³/mol. The predicted octanol–water partition coefficient (Wildman–Crippen LogP) is 2.71. The molecular weight excluding hydrogens is 285 g/mol. The van der Waals surface area contributed by atoms with Gasteiger partial charge in [-0.3, -0.25) is 0 Å². The summed E-state index contributed by atoms with van der Waals surface area (Å²) in [6.07, 6.45) is 3.42. The van der Waals surface area contributed by atoms with Crippen molar-refractivity contribution in [1.82, 2.24) is 5.48 Å². The molecule has 1 unspecified atom stereocenters. The van der Waals surface area contributed by atoms with Crippen LogP contribution in [0.2, 0.25) is 0 Å². The highest BCUT2D eigenvalue weighted by Gasteiger charge is 2.21. The van der Waals surface area contributed by atoms with Crippen LogP contribution in [0.3, 0.4) is 0 Å². The van der Waals surface area contributed by atoms with E-state index in [-0.39, 0.29) is 6.04 Å². The molecule has 0 saturated carbocycles. The van der Waals surface area contributed by atoms with Gasteiger partial charge in [0.25, 0.3) is 0 Å². The number of aryl methyl sites for hydroxylation is 1. The molecule has 1 atom stereocenters. The van der Waals surface area contributed by atoms with Gasteiger partial charge in [0, 0.05) is 4.88 Å². The Kier molecular flexibility index (Phi) is 2.69. The van der Waals surface area contributed by atoms with Crippen molar-refractivity contribution < 1.29 is 5.21 Å². The minimum absolute atomic E-state index is 0.175. The highest BCUT2D eigenvalue weighted by Crippen LogP contribution is 2.35. The van der Waals surface area contributed by atoms with Crippen molar-refractivity contribution >= 4 is 33.9 Å². The third-order valence-corrected chi connectivity index (χ3v) is 4.21. The normalized spacial score (nSPS) is 22.3. The zero-order chi connectivity index (χ0) is 8.55. The number of nitrogens with one attached hydrogen (secondary N) is 1. The Bertz CT molecular complexity index is 287. The van der Waals surface area contributed by atoms with Crippen LogP contribution in [0.25, 0.3) is 0 Å². The molecule has 1 aliphatic carbocycles. The molecule has 0 bridgehead atoms. The second-order valence-corrected chi connectivity index (χ2v) is 6.03. The van der Waals surface area contributed by atoms with Gasteiger partial charge in [0.15, 0.2) is 0 Å². The lowest BCUT2D eigenvalue weighted by Crippen LogP contribution is -2.20. The van der Waals surface area contributed by atoms with Gasteiger partial charge in [-0.25, -0.2) is 0 Å².